The van der Waals surface area contributed by atoms with Crippen molar-refractivity contribution in [2.24, 2.45) is 0 Å². The molecular weight excluding hydrogens is 258 g/mol. The first-order chi connectivity index (χ1) is 9.20. The van der Waals surface area contributed by atoms with Crippen molar-refractivity contribution in [1.82, 2.24) is 4.98 Å². The summed E-state index contributed by atoms with van der Waals surface area (Å²) in [6.07, 6.45) is 1.80. The van der Waals surface area contributed by atoms with E-state index >= 15 is 0 Å². The third-order valence-electron chi connectivity index (χ3n) is 2.78. The number of rotatable bonds is 5. The number of esters is 1. The first-order valence-corrected chi connectivity index (χ1v) is 7.19. The molecule has 2 rings (SSSR count). The third kappa shape index (κ3) is 3.64. The number of ether oxygens (including phenoxy) is 1. The molecule has 1 aromatic heterocycles. The summed E-state index contributed by atoms with van der Waals surface area (Å²) in [5, 5.41) is 0.990. The summed E-state index contributed by atoms with van der Waals surface area (Å²) in [6, 6.07) is 10.3. The highest BCUT2D eigenvalue weighted by Gasteiger charge is 2.16. The minimum absolute atomic E-state index is 0.317. The van der Waals surface area contributed by atoms with Crippen LogP contribution in [0.3, 0.4) is 0 Å². The number of carbonyl (C=O) groups excluding carboxylic acids is 1. The maximum atomic E-state index is 11.7. The molecule has 0 unspecified atom stereocenters. The van der Waals surface area contributed by atoms with E-state index in [1.807, 2.05) is 25.1 Å². The van der Waals surface area contributed by atoms with Gasteiger partial charge in [0, 0.05) is 11.3 Å². The zero-order chi connectivity index (χ0) is 13.7. The van der Waals surface area contributed by atoms with Gasteiger partial charge in [-0.1, -0.05) is 30.3 Å². The van der Waals surface area contributed by atoms with Gasteiger partial charge in [-0.05, 0) is 25.8 Å². The maximum Gasteiger partial charge on any atom is 0.358 e. The van der Waals surface area contributed by atoms with Gasteiger partial charge >= 0.3 is 5.97 Å². The van der Waals surface area contributed by atoms with Gasteiger partial charge in [0.1, 0.15) is 0 Å². The van der Waals surface area contributed by atoms with E-state index in [0.29, 0.717) is 12.3 Å². The summed E-state index contributed by atoms with van der Waals surface area (Å²) in [7, 11) is 0. The van der Waals surface area contributed by atoms with E-state index < -0.39 is 0 Å². The fourth-order valence-electron chi connectivity index (χ4n) is 1.84. The van der Waals surface area contributed by atoms with Crippen LogP contribution in [0.5, 0.6) is 0 Å². The number of hydrogen-bond acceptors (Lipinski definition) is 4. The van der Waals surface area contributed by atoms with Gasteiger partial charge in [0.2, 0.25) is 0 Å². The van der Waals surface area contributed by atoms with Crippen LogP contribution in [-0.4, -0.2) is 17.6 Å². The monoisotopic (exact) mass is 275 g/mol. The predicted molar refractivity (Wildman–Crippen MR) is 76.7 cm³/mol. The van der Waals surface area contributed by atoms with E-state index in [4.69, 9.17) is 4.74 Å². The van der Waals surface area contributed by atoms with E-state index in [0.717, 1.165) is 22.7 Å². The lowest BCUT2D eigenvalue weighted by Crippen LogP contribution is -2.06. The highest BCUT2D eigenvalue weighted by atomic mass is 32.1. The molecule has 100 valence electrons. The molecule has 0 aliphatic carbocycles. The number of benzene rings is 1. The van der Waals surface area contributed by atoms with Crippen LogP contribution >= 0.6 is 11.3 Å². The summed E-state index contributed by atoms with van der Waals surface area (Å²) in [5.74, 6) is -0.317. The Morgan fingerprint density at radius 3 is 2.68 bits per heavy atom. The SMILES string of the molecule is CCOC(=O)c1nc(CCc2ccccc2)sc1C. The molecule has 0 N–H and O–H groups in total. The predicted octanol–water partition coefficient (Wildman–Crippen LogP) is 3.41. The molecule has 0 bridgehead atoms. The van der Waals surface area contributed by atoms with E-state index in [1.165, 1.54) is 5.56 Å². The first-order valence-electron chi connectivity index (χ1n) is 6.38. The third-order valence-corrected chi connectivity index (χ3v) is 3.81. The average molecular weight is 275 g/mol. The number of hydrogen-bond donors (Lipinski definition) is 0. The zero-order valence-corrected chi connectivity index (χ0v) is 12.0. The first kappa shape index (κ1) is 13.7. The van der Waals surface area contributed by atoms with Gasteiger partial charge in [0.15, 0.2) is 5.69 Å². The molecule has 0 saturated heterocycles. The summed E-state index contributed by atoms with van der Waals surface area (Å²) in [6.45, 7) is 4.10. The molecule has 2 aromatic rings. The maximum absolute atomic E-state index is 11.7. The van der Waals surface area contributed by atoms with Gasteiger partial charge in [0.05, 0.1) is 11.6 Å². The number of carbonyl (C=O) groups is 1. The van der Waals surface area contributed by atoms with E-state index in [1.54, 1.807) is 18.3 Å². The van der Waals surface area contributed by atoms with Gasteiger partial charge in [-0.15, -0.1) is 11.3 Å². The van der Waals surface area contributed by atoms with Crippen molar-refractivity contribution in [3.8, 4) is 0 Å². The Morgan fingerprint density at radius 2 is 2.00 bits per heavy atom. The minimum Gasteiger partial charge on any atom is -0.461 e. The van der Waals surface area contributed by atoms with Crippen LogP contribution in [0.4, 0.5) is 0 Å². The number of nitrogens with zero attached hydrogens (tertiary/aromatic N) is 1. The molecule has 1 heterocycles. The lowest BCUT2D eigenvalue weighted by atomic mass is 10.1. The van der Waals surface area contributed by atoms with Crippen molar-refractivity contribution in [3.05, 3.63) is 51.5 Å². The summed E-state index contributed by atoms with van der Waals surface area (Å²) in [4.78, 5) is 17.0. The summed E-state index contributed by atoms with van der Waals surface area (Å²) in [5.41, 5.74) is 1.75. The van der Waals surface area contributed by atoms with Crippen LogP contribution < -0.4 is 0 Å². The second-order valence-electron chi connectivity index (χ2n) is 4.22. The Labute approximate surface area is 117 Å². The average Bonchev–Trinajstić information content (AvgIpc) is 2.79. The van der Waals surface area contributed by atoms with Gasteiger partial charge in [-0.3, -0.25) is 0 Å². The molecule has 0 radical (unpaired) electrons. The number of thiazole rings is 1. The highest BCUT2D eigenvalue weighted by molar-refractivity contribution is 7.11. The summed E-state index contributed by atoms with van der Waals surface area (Å²) < 4.78 is 4.99. The largest absolute Gasteiger partial charge is 0.461 e. The Balaban J connectivity index is 2.02. The minimum atomic E-state index is -0.317. The molecule has 3 nitrogen and oxygen atoms in total. The van der Waals surface area contributed by atoms with Crippen LogP contribution in [0.2, 0.25) is 0 Å². The molecule has 1 aromatic carbocycles. The van der Waals surface area contributed by atoms with Crippen molar-refractivity contribution in [2.45, 2.75) is 26.7 Å². The molecular formula is C15H17NO2S. The fraction of sp³-hybridized carbons (Fsp3) is 0.333. The second-order valence-corrected chi connectivity index (χ2v) is 5.51. The molecule has 0 saturated carbocycles. The van der Waals surface area contributed by atoms with Gasteiger partial charge in [-0.25, -0.2) is 9.78 Å². The normalized spacial score (nSPS) is 10.4. The van der Waals surface area contributed by atoms with Gasteiger partial charge in [0.25, 0.3) is 0 Å². The van der Waals surface area contributed by atoms with Gasteiger partial charge in [-0.2, -0.15) is 0 Å². The van der Waals surface area contributed by atoms with Crippen molar-refractivity contribution < 1.29 is 9.53 Å². The van der Waals surface area contributed by atoms with Crippen molar-refractivity contribution in [1.29, 1.82) is 0 Å². The summed E-state index contributed by atoms with van der Waals surface area (Å²) >= 11 is 1.58. The topological polar surface area (TPSA) is 39.2 Å². The lowest BCUT2D eigenvalue weighted by molar-refractivity contribution is 0.0519. The van der Waals surface area contributed by atoms with Crippen molar-refractivity contribution in [2.75, 3.05) is 6.61 Å². The number of aromatic nitrogens is 1. The second kappa shape index (κ2) is 6.48. The fourth-order valence-corrected chi connectivity index (χ4v) is 2.76. The van der Waals surface area contributed by atoms with Crippen LogP contribution in [-0.2, 0) is 17.6 Å². The molecule has 0 aliphatic rings. The van der Waals surface area contributed by atoms with E-state index in [2.05, 4.69) is 17.1 Å². The van der Waals surface area contributed by atoms with Crippen LogP contribution in [0, 0.1) is 6.92 Å². The smallest absolute Gasteiger partial charge is 0.358 e. The standard InChI is InChI=1S/C15H17NO2S/c1-3-18-15(17)14-11(2)19-13(16-14)10-9-12-7-5-4-6-8-12/h4-8H,3,9-10H2,1-2H3. The molecule has 0 aliphatic heterocycles. The van der Waals surface area contributed by atoms with Gasteiger partial charge < -0.3 is 4.74 Å². The molecule has 19 heavy (non-hydrogen) atoms. The Hall–Kier alpha value is -1.68. The van der Waals surface area contributed by atoms with Crippen LogP contribution in [0.15, 0.2) is 30.3 Å². The molecule has 4 heteroatoms. The van der Waals surface area contributed by atoms with E-state index in [9.17, 15) is 4.79 Å². The van der Waals surface area contributed by atoms with Crippen LogP contribution in [0.25, 0.3) is 0 Å². The molecule has 0 amide bonds. The molecule has 0 atom stereocenters. The van der Waals surface area contributed by atoms with E-state index in [-0.39, 0.29) is 5.97 Å². The Kier molecular flexibility index (Phi) is 4.68. The number of aryl methyl sites for hydroxylation is 3. The van der Waals surface area contributed by atoms with Crippen LogP contribution in [0.1, 0.15) is 32.9 Å². The van der Waals surface area contributed by atoms with Crippen molar-refractivity contribution in [3.63, 3.8) is 0 Å². The Morgan fingerprint density at radius 1 is 1.26 bits per heavy atom. The highest BCUT2D eigenvalue weighted by Crippen LogP contribution is 2.20. The zero-order valence-electron chi connectivity index (χ0n) is 11.2. The molecule has 0 spiro atoms. The van der Waals surface area contributed by atoms with Crippen molar-refractivity contribution >= 4 is 17.3 Å². The lowest BCUT2D eigenvalue weighted by Gasteiger charge is -1.98. The molecule has 0 fully saturated rings. The Bertz CT molecular complexity index is 549. The quantitative estimate of drug-likeness (QED) is 0.785.